The van der Waals surface area contributed by atoms with E-state index in [-0.39, 0.29) is 9.79 Å². The largest absolute Gasteiger partial charge is 0.497 e. The minimum Gasteiger partial charge on any atom is -0.497 e. The number of methoxy groups -OCH3 is 1. The maximum Gasteiger partial charge on any atom is 0.261 e. The number of nitrogens with zero attached hydrogens (tertiary/aromatic N) is 1. The summed E-state index contributed by atoms with van der Waals surface area (Å²) in [7, 11) is -5.81. The van der Waals surface area contributed by atoms with Crippen molar-refractivity contribution in [2.75, 3.05) is 24.9 Å². The number of anilines is 1. The van der Waals surface area contributed by atoms with Crippen LogP contribution in [0.25, 0.3) is 10.8 Å². The summed E-state index contributed by atoms with van der Waals surface area (Å²) in [4.78, 5) is 0.284. The molecule has 4 rings (SSSR count). The molecular formula is C22H24N2O5S2. The molecule has 3 aromatic rings. The Balaban J connectivity index is 1.55. The molecule has 0 atom stereocenters. The van der Waals surface area contributed by atoms with E-state index in [1.54, 1.807) is 31.4 Å². The van der Waals surface area contributed by atoms with E-state index in [0.717, 1.165) is 30.0 Å². The van der Waals surface area contributed by atoms with Gasteiger partial charge in [-0.05, 0) is 72.1 Å². The summed E-state index contributed by atoms with van der Waals surface area (Å²) in [6.07, 6.45) is 2.75. The first-order valence-corrected chi connectivity index (χ1v) is 12.9. The van der Waals surface area contributed by atoms with E-state index in [4.69, 9.17) is 4.74 Å². The zero-order valence-electron chi connectivity index (χ0n) is 17.1. The van der Waals surface area contributed by atoms with Crippen molar-refractivity contribution in [1.82, 2.24) is 4.31 Å². The lowest BCUT2D eigenvalue weighted by molar-refractivity contribution is 0.346. The lowest BCUT2D eigenvalue weighted by atomic mass is 10.1. The fourth-order valence-electron chi connectivity index (χ4n) is 3.66. The summed E-state index contributed by atoms with van der Waals surface area (Å²) in [6.45, 7) is 1.04. The molecule has 0 unspecified atom stereocenters. The molecule has 1 heterocycles. The zero-order chi connectivity index (χ0) is 22.1. The van der Waals surface area contributed by atoms with Crippen molar-refractivity contribution in [1.29, 1.82) is 0 Å². The predicted octanol–water partition coefficient (Wildman–Crippen LogP) is 3.82. The summed E-state index contributed by atoms with van der Waals surface area (Å²) in [5, 5.41) is 1.64. The molecule has 1 aliphatic rings. The van der Waals surface area contributed by atoms with Crippen LogP contribution in [0.4, 0.5) is 5.69 Å². The number of hydrogen-bond donors (Lipinski definition) is 1. The Labute approximate surface area is 182 Å². The van der Waals surface area contributed by atoms with Crippen LogP contribution < -0.4 is 9.46 Å². The van der Waals surface area contributed by atoms with Crippen molar-refractivity contribution >= 4 is 36.5 Å². The van der Waals surface area contributed by atoms with Crippen LogP contribution in [-0.4, -0.2) is 41.3 Å². The van der Waals surface area contributed by atoms with Gasteiger partial charge in [-0.1, -0.05) is 18.6 Å². The van der Waals surface area contributed by atoms with Gasteiger partial charge in [-0.3, -0.25) is 4.72 Å². The lowest BCUT2D eigenvalue weighted by Gasteiger charge is -2.25. The highest BCUT2D eigenvalue weighted by Gasteiger charge is 2.26. The number of rotatable bonds is 6. The molecule has 3 aromatic carbocycles. The van der Waals surface area contributed by atoms with E-state index in [1.165, 1.54) is 34.6 Å². The lowest BCUT2D eigenvalue weighted by Crippen LogP contribution is -2.35. The van der Waals surface area contributed by atoms with Gasteiger partial charge in [0, 0.05) is 18.8 Å². The first kappa shape index (κ1) is 21.6. The smallest absolute Gasteiger partial charge is 0.261 e. The second-order valence-electron chi connectivity index (χ2n) is 7.47. The highest BCUT2D eigenvalue weighted by atomic mass is 32.2. The SMILES string of the molecule is COc1ccc2cc(S(=O)(=O)Nc3ccc(S(=O)(=O)N4CCCCC4)cc3)ccc2c1. The van der Waals surface area contributed by atoms with Gasteiger partial charge in [0.25, 0.3) is 10.0 Å². The van der Waals surface area contributed by atoms with E-state index < -0.39 is 20.0 Å². The number of benzene rings is 3. The highest BCUT2D eigenvalue weighted by molar-refractivity contribution is 7.92. The van der Waals surface area contributed by atoms with E-state index in [0.29, 0.717) is 24.5 Å². The van der Waals surface area contributed by atoms with E-state index >= 15 is 0 Å². The third kappa shape index (κ3) is 4.53. The molecule has 0 spiro atoms. The van der Waals surface area contributed by atoms with Gasteiger partial charge in [0.15, 0.2) is 0 Å². The second-order valence-corrected chi connectivity index (χ2v) is 11.1. The number of piperidine rings is 1. The molecule has 0 saturated carbocycles. The molecule has 0 bridgehead atoms. The van der Waals surface area contributed by atoms with Crippen LogP contribution in [0.5, 0.6) is 5.75 Å². The van der Waals surface area contributed by atoms with Crippen LogP contribution in [0.2, 0.25) is 0 Å². The molecule has 0 amide bonds. The molecule has 164 valence electrons. The summed E-state index contributed by atoms with van der Waals surface area (Å²) < 4.78 is 60.4. The van der Waals surface area contributed by atoms with Crippen molar-refractivity contribution in [3.8, 4) is 5.75 Å². The van der Waals surface area contributed by atoms with Crippen LogP contribution in [0, 0.1) is 0 Å². The van der Waals surface area contributed by atoms with E-state index in [2.05, 4.69) is 4.72 Å². The van der Waals surface area contributed by atoms with E-state index in [1.807, 2.05) is 6.07 Å². The van der Waals surface area contributed by atoms with Gasteiger partial charge in [-0.15, -0.1) is 0 Å². The third-order valence-corrected chi connectivity index (χ3v) is 8.68. The number of sulfonamides is 2. The molecule has 0 aliphatic carbocycles. The average Bonchev–Trinajstić information content (AvgIpc) is 2.79. The molecule has 1 saturated heterocycles. The quantitative estimate of drug-likeness (QED) is 0.604. The number of hydrogen-bond acceptors (Lipinski definition) is 5. The van der Waals surface area contributed by atoms with E-state index in [9.17, 15) is 16.8 Å². The monoisotopic (exact) mass is 460 g/mol. The standard InChI is InChI=1S/C22H24N2O5S2/c1-29-20-9-5-18-16-22(10-6-17(18)15-20)30(25,26)23-19-7-11-21(12-8-19)31(27,28)24-13-3-2-4-14-24/h5-12,15-16,23H,2-4,13-14H2,1H3. The third-order valence-electron chi connectivity index (χ3n) is 5.39. The Hall–Kier alpha value is -2.62. The molecule has 1 N–H and O–H groups in total. The second kappa shape index (κ2) is 8.49. The fourth-order valence-corrected chi connectivity index (χ4v) is 6.27. The first-order valence-electron chi connectivity index (χ1n) is 10.0. The number of nitrogens with one attached hydrogen (secondary N) is 1. The maximum absolute atomic E-state index is 12.8. The molecule has 7 nitrogen and oxygen atoms in total. The predicted molar refractivity (Wildman–Crippen MR) is 120 cm³/mol. The Morgan fingerprint density at radius 2 is 1.39 bits per heavy atom. The van der Waals surface area contributed by atoms with Gasteiger partial charge >= 0.3 is 0 Å². The molecule has 1 fully saturated rings. The van der Waals surface area contributed by atoms with Crippen LogP contribution in [-0.2, 0) is 20.0 Å². The number of fused-ring (bicyclic) bond motifs is 1. The van der Waals surface area contributed by atoms with Crippen LogP contribution in [0.1, 0.15) is 19.3 Å². The van der Waals surface area contributed by atoms with Gasteiger partial charge in [0.05, 0.1) is 16.9 Å². The Morgan fingerprint density at radius 1 is 0.774 bits per heavy atom. The van der Waals surface area contributed by atoms with Crippen molar-refractivity contribution in [2.45, 2.75) is 29.1 Å². The summed E-state index contributed by atoms with van der Waals surface area (Å²) in [6, 6.07) is 16.1. The van der Waals surface area contributed by atoms with Gasteiger partial charge in [0.2, 0.25) is 10.0 Å². The number of ether oxygens (including phenoxy) is 1. The van der Waals surface area contributed by atoms with Crippen molar-refractivity contribution < 1.29 is 21.6 Å². The van der Waals surface area contributed by atoms with Crippen LogP contribution in [0.3, 0.4) is 0 Å². The summed E-state index contributed by atoms with van der Waals surface area (Å²) >= 11 is 0. The maximum atomic E-state index is 12.8. The first-order chi connectivity index (χ1) is 14.8. The van der Waals surface area contributed by atoms with Crippen LogP contribution >= 0.6 is 0 Å². The normalized spacial score (nSPS) is 15.6. The fraction of sp³-hybridized carbons (Fsp3) is 0.273. The molecule has 9 heteroatoms. The Kier molecular flexibility index (Phi) is 5.92. The summed E-state index contributed by atoms with van der Waals surface area (Å²) in [5.74, 6) is 0.695. The van der Waals surface area contributed by atoms with Gasteiger partial charge in [-0.25, -0.2) is 16.8 Å². The topological polar surface area (TPSA) is 92.8 Å². The molecular weight excluding hydrogens is 436 g/mol. The summed E-state index contributed by atoms with van der Waals surface area (Å²) in [5.41, 5.74) is 0.299. The minimum atomic E-state index is -3.83. The van der Waals surface area contributed by atoms with Crippen molar-refractivity contribution in [2.24, 2.45) is 0 Å². The Morgan fingerprint density at radius 3 is 2.06 bits per heavy atom. The Bertz CT molecular complexity index is 1300. The molecule has 31 heavy (non-hydrogen) atoms. The van der Waals surface area contributed by atoms with Gasteiger partial charge < -0.3 is 4.74 Å². The van der Waals surface area contributed by atoms with Gasteiger partial charge in [0.1, 0.15) is 5.75 Å². The zero-order valence-corrected chi connectivity index (χ0v) is 18.7. The molecule has 1 aliphatic heterocycles. The molecule has 0 aromatic heterocycles. The van der Waals surface area contributed by atoms with Crippen molar-refractivity contribution in [3.63, 3.8) is 0 Å². The van der Waals surface area contributed by atoms with Crippen molar-refractivity contribution in [3.05, 3.63) is 60.7 Å². The average molecular weight is 461 g/mol. The van der Waals surface area contributed by atoms with Crippen LogP contribution in [0.15, 0.2) is 70.5 Å². The minimum absolute atomic E-state index is 0.121. The molecule has 0 radical (unpaired) electrons. The highest BCUT2D eigenvalue weighted by Crippen LogP contribution is 2.26. The van der Waals surface area contributed by atoms with Gasteiger partial charge in [-0.2, -0.15) is 4.31 Å².